The quantitative estimate of drug-likeness (QED) is 0.0263. The van der Waals surface area contributed by atoms with Gasteiger partial charge in [0, 0.05) is 12.8 Å². The molecule has 0 amide bonds. The van der Waals surface area contributed by atoms with Crippen molar-refractivity contribution in [2.45, 2.75) is 320 Å². The van der Waals surface area contributed by atoms with Gasteiger partial charge in [-0.25, -0.2) is 0 Å². The van der Waals surface area contributed by atoms with E-state index in [2.05, 4.69) is 50.3 Å². The van der Waals surface area contributed by atoms with Gasteiger partial charge in [0.15, 0.2) is 12.4 Å². The highest BCUT2D eigenvalue weighted by Gasteiger charge is 2.44. The second kappa shape index (κ2) is 51.4. The minimum Gasteiger partial charge on any atom is -0.462 e. The largest absolute Gasteiger partial charge is 0.462 e. The molecule has 1 aliphatic rings. The number of hydrogen-bond acceptors (Lipinski definition) is 10. The van der Waals surface area contributed by atoms with Crippen LogP contribution in [0.2, 0.25) is 0 Å². The second-order valence-electron chi connectivity index (χ2n) is 20.8. The van der Waals surface area contributed by atoms with Gasteiger partial charge < -0.3 is 39.4 Å². The maximum Gasteiger partial charge on any atom is 0.306 e. The third kappa shape index (κ3) is 41.9. The fourth-order valence-electron chi connectivity index (χ4n) is 9.28. The molecule has 10 nitrogen and oxygen atoms in total. The zero-order valence-electron chi connectivity index (χ0n) is 46.0. The molecule has 0 saturated carbocycles. The summed E-state index contributed by atoms with van der Waals surface area (Å²) in [6.07, 6.45) is 55.9. The normalized spacial score (nSPS) is 18.9. The number of hydrogen-bond donors (Lipinski definition) is 4. The van der Waals surface area contributed by atoms with Gasteiger partial charge in [0.2, 0.25) is 0 Å². The molecule has 0 spiro atoms. The first-order valence-corrected chi connectivity index (χ1v) is 30.1. The molecule has 0 aromatic rings. The summed E-state index contributed by atoms with van der Waals surface area (Å²) in [5.74, 6) is -0.797. The Bertz CT molecular complexity index is 1250. The van der Waals surface area contributed by atoms with Gasteiger partial charge in [0.25, 0.3) is 0 Å². The minimum atomic E-state index is -1.60. The number of allylic oxidation sites excluding steroid dienone is 6. The molecule has 1 heterocycles. The van der Waals surface area contributed by atoms with Crippen LogP contribution in [0.3, 0.4) is 0 Å². The van der Waals surface area contributed by atoms with Gasteiger partial charge in [-0.15, -0.1) is 0 Å². The van der Waals surface area contributed by atoms with E-state index in [1.54, 1.807) is 0 Å². The Labute approximate surface area is 436 Å². The Hall–Kier alpha value is -2.08. The summed E-state index contributed by atoms with van der Waals surface area (Å²) in [7, 11) is 0. The van der Waals surface area contributed by atoms with Crippen molar-refractivity contribution in [3.8, 4) is 0 Å². The zero-order valence-corrected chi connectivity index (χ0v) is 46.0. The first-order chi connectivity index (χ1) is 34.8. The highest BCUT2D eigenvalue weighted by Crippen LogP contribution is 2.23. The number of unbranched alkanes of at least 4 members (excludes halogenated alkanes) is 35. The number of carbonyl (C=O) groups excluding carboxylic acids is 2. The van der Waals surface area contributed by atoms with Crippen LogP contribution in [0.15, 0.2) is 36.5 Å². The van der Waals surface area contributed by atoms with Crippen molar-refractivity contribution in [2.24, 2.45) is 0 Å². The summed E-state index contributed by atoms with van der Waals surface area (Å²) >= 11 is 0. The first kappa shape index (κ1) is 66.9. The maximum absolute atomic E-state index is 12.9. The molecule has 6 unspecified atom stereocenters. The van der Waals surface area contributed by atoms with Crippen molar-refractivity contribution in [1.82, 2.24) is 0 Å². The van der Waals surface area contributed by atoms with Gasteiger partial charge in [0.05, 0.1) is 13.2 Å². The summed E-state index contributed by atoms with van der Waals surface area (Å²) in [5.41, 5.74) is 0. The molecule has 1 rings (SSSR count). The number of carbonyl (C=O) groups is 2. The molecule has 0 radical (unpaired) electrons. The summed E-state index contributed by atoms with van der Waals surface area (Å²) in [6, 6.07) is 0. The molecule has 0 aliphatic carbocycles. The van der Waals surface area contributed by atoms with E-state index in [0.29, 0.717) is 6.42 Å². The van der Waals surface area contributed by atoms with Crippen LogP contribution in [-0.4, -0.2) is 89.0 Å². The monoisotopic (exact) mass is 1000 g/mol. The number of aliphatic hydroxyl groups excluding tert-OH is 4. The number of aliphatic hydroxyl groups is 4. The van der Waals surface area contributed by atoms with Crippen molar-refractivity contribution in [1.29, 1.82) is 0 Å². The van der Waals surface area contributed by atoms with Crippen LogP contribution in [0, 0.1) is 0 Å². The van der Waals surface area contributed by atoms with Crippen LogP contribution >= 0.6 is 0 Å². The van der Waals surface area contributed by atoms with E-state index in [9.17, 15) is 30.0 Å². The van der Waals surface area contributed by atoms with E-state index in [1.165, 1.54) is 205 Å². The lowest BCUT2D eigenvalue weighted by atomic mass is 9.99. The van der Waals surface area contributed by atoms with Crippen LogP contribution in [-0.2, 0) is 28.5 Å². The smallest absolute Gasteiger partial charge is 0.306 e. The van der Waals surface area contributed by atoms with Crippen LogP contribution < -0.4 is 0 Å². The molecule has 1 fully saturated rings. The third-order valence-corrected chi connectivity index (χ3v) is 14.0. The molecule has 71 heavy (non-hydrogen) atoms. The Morgan fingerprint density at radius 2 is 0.789 bits per heavy atom. The fraction of sp³-hybridized carbons (Fsp3) is 0.869. The zero-order chi connectivity index (χ0) is 51.5. The van der Waals surface area contributed by atoms with Crippen molar-refractivity contribution in [2.75, 3.05) is 19.8 Å². The van der Waals surface area contributed by atoms with Gasteiger partial charge in [-0.1, -0.05) is 237 Å². The van der Waals surface area contributed by atoms with Crippen LogP contribution in [0.1, 0.15) is 284 Å². The fourth-order valence-corrected chi connectivity index (χ4v) is 9.28. The summed E-state index contributed by atoms with van der Waals surface area (Å²) in [4.78, 5) is 25.6. The van der Waals surface area contributed by atoms with Gasteiger partial charge in [0.1, 0.15) is 31.0 Å². The lowest BCUT2D eigenvalue weighted by Gasteiger charge is -2.39. The van der Waals surface area contributed by atoms with E-state index in [0.717, 1.165) is 44.9 Å². The van der Waals surface area contributed by atoms with E-state index >= 15 is 0 Å². The van der Waals surface area contributed by atoms with Crippen molar-refractivity contribution in [3.63, 3.8) is 0 Å². The minimum absolute atomic E-state index is 0.216. The molecule has 1 aliphatic heterocycles. The Morgan fingerprint density at radius 1 is 0.437 bits per heavy atom. The third-order valence-electron chi connectivity index (χ3n) is 14.0. The van der Waals surface area contributed by atoms with E-state index in [-0.39, 0.29) is 32.0 Å². The lowest BCUT2D eigenvalue weighted by Crippen LogP contribution is -2.59. The first-order valence-electron chi connectivity index (χ1n) is 30.1. The number of rotatable bonds is 52. The van der Waals surface area contributed by atoms with Gasteiger partial charge >= 0.3 is 11.9 Å². The van der Waals surface area contributed by atoms with E-state index < -0.39 is 49.4 Å². The molecular weight excluding hydrogens is 893 g/mol. The maximum atomic E-state index is 12.9. The average Bonchev–Trinajstić information content (AvgIpc) is 3.37. The van der Waals surface area contributed by atoms with Crippen molar-refractivity contribution >= 4 is 11.9 Å². The summed E-state index contributed by atoms with van der Waals surface area (Å²) in [5, 5.41) is 40.3. The van der Waals surface area contributed by atoms with Gasteiger partial charge in [-0.3, -0.25) is 9.59 Å². The molecule has 0 aromatic carbocycles. The predicted octanol–water partition coefficient (Wildman–Crippen LogP) is 15.4. The molecule has 10 heteroatoms. The Morgan fingerprint density at radius 3 is 1.18 bits per heavy atom. The van der Waals surface area contributed by atoms with Gasteiger partial charge in [-0.2, -0.15) is 0 Å². The molecule has 6 atom stereocenters. The molecule has 0 aromatic heterocycles. The van der Waals surface area contributed by atoms with Crippen LogP contribution in [0.4, 0.5) is 0 Å². The highest BCUT2D eigenvalue weighted by atomic mass is 16.7. The number of esters is 2. The Kier molecular flexibility index (Phi) is 48.5. The standard InChI is InChI=1S/C61H112O10/c1-3-5-7-9-11-13-15-17-19-21-23-25-27-29-31-33-35-37-39-41-43-45-47-49-56(63)68-52-54(53-69-61-60(67)59(66)58(65)55(51-62)71-61)70-57(64)50-48-46-44-42-40-38-36-34-32-30-28-26-24-22-20-18-16-14-12-10-8-6-4-2/h16,18,21-24,54-55,58-62,65-67H,3-15,17,19-20,25-53H2,1-2H3/b18-16-,23-21-,24-22-. The highest BCUT2D eigenvalue weighted by molar-refractivity contribution is 5.70. The van der Waals surface area contributed by atoms with E-state index in [1.807, 2.05) is 0 Å². The van der Waals surface area contributed by atoms with Crippen LogP contribution in [0.25, 0.3) is 0 Å². The second-order valence-corrected chi connectivity index (χ2v) is 20.8. The number of ether oxygens (including phenoxy) is 4. The van der Waals surface area contributed by atoms with Gasteiger partial charge in [-0.05, 0) is 70.6 Å². The topological polar surface area (TPSA) is 152 Å². The molecule has 4 N–H and O–H groups in total. The molecule has 0 bridgehead atoms. The average molecular weight is 1010 g/mol. The van der Waals surface area contributed by atoms with E-state index in [4.69, 9.17) is 18.9 Å². The molecule has 1 saturated heterocycles. The lowest BCUT2D eigenvalue weighted by molar-refractivity contribution is -0.305. The van der Waals surface area contributed by atoms with Crippen molar-refractivity contribution < 1.29 is 49.0 Å². The van der Waals surface area contributed by atoms with Crippen LogP contribution in [0.5, 0.6) is 0 Å². The molecular formula is C61H112O10. The Balaban J connectivity index is 2.18. The summed E-state index contributed by atoms with van der Waals surface area (Å²) in [6.45, 7) is 3.46. The SMILES string of the molecule is CCCCCCC/C=C\C/C=C\CCCCCCCCCCCCCC(=O)OC(COC(=O)CCCCCCCCCCCCC/C=C\CCCCCCCCCC)COC1OC(CO)C(O)C(O)C1O. The molecule has 416 valence electrons. The predicted molar refractivity (Wildman–Crippen MR) is 293 cm³/mol. The summed E-state index contributed by atoms with van der Waals surface area (Å²) < 4.78 is 22.3. The van der Waals surface area contributed by atoms with Crippen molar-refractivity contribution in [3.05, 3.63) is 36.5 Å².